The molecule has 0 aliphatic heterocycles. The summed E-state index contributed by atoms with van der Waals surface area (Å²) in [6.07, 6.45) is 0.245. The van der Waals surface area contributed by atoms with E-state index in [0.717, 1.165) is 22.6 Å². The van der Waals surface area contributed by atoms with E-state index < -0.39 is 0 Å². The highest BCUT2D eigenvalue weighted by Crippen LogP contribution is 2.10. The van der Waals surface area contributed by atoms with Gasteiger partial charge in [0.1, 0.15) is 4.99 Å². The van der Waals surface area contributed by atoms with Crippen LogP contribution >= 0.6 is 23.6 Å². The van der Waals surface area contributed by atoms with Gasteiger partial charge in [-0.2, -0.15) is 0 Å². The Morgan fingerprint density at radius 3 is 2.57 bits per heavy atom. The molecule has 1 aromatic heterocycles. The van der Waals surface area contributed by atoms with Crippen molar-refractivity contribution >= 4 is 40.1 Å². The molecule has 0 aliphatic carbocycles. The van der Waals surface area contributed by atoms with Gasteiger partial charge in [0.05, 0.1) is 0 Å². The zero-order valence-electron chi connectivity index (χ0n) is 11.5. The lowest BCUT2D eigenvalue weighted by atomic mass is 10.2. The second kappa shape index (κ2) is 6.64. The van der Waals surface area contributed by atoms with Crippen molar-refractivity contribution in [3.63, 3.8) is 0 Å². The summed E-state index contributed by atoms with van der Waals surface area (Å²) in [6, 6.07) is 7.00. The van der Waals surface area contributed by atoms with Crippen molar-refractivity contribution in [3.05, 3.63) is 50.6 Å². The largest absolute Gasteiger partial charge is 0.389 e. The van der Waals surface area contributed by atoms with E-state index >= 15 is 0 Å². The molecule has 0 saturated heterocycles. The van der Waals surface area contributed by atoms with E-state index in [0.29, 0.717) is 17.2 Å². The first-order chi connectivity index (χ1) is 9.97. The third kappa shape index (κ3) is 3.99. The Morgan fingerprint density at radius 2 is 2.05 bits per heavy atom. The van der Waals surface area contributed by atoms with Crippen LogP contribution in [0.15, 0.2) is 34.4 Å². The molecule has 7 heteroatoms. The Bertz CT molecular complexity index is 717. The number of hydrogen-bond acceptors (Lipinski definition) is 4. The third-order valence-electron chi connectivity index (χ3n) is 2.99. The molecule has 5 nitrogen and oxygen atoms in total. The van der Waals surface area contributed by atoms with Gasteiger partial charge in [-0.25, -0.2) is 0 Å². The number of anilines is 1. The van der Waals surface area contributed by atoms with Gasteiger partial charge in [-0.1, -0.05) is 23.6 Å². The molecule has 2 rings (SSSR count). The SMILES string of the molecule is Cc1csc(=O)n1CCC(=O)Nc1ccc(C(N)=S)cc1. The molecule has 0 spiro atoms. The van der Waals surface area contributed by atoms with Crippen molar-refractivity contribution in [2.75, 3.05) is 5.32 Å². The Labute approximate surface area is 131 Å². The topological polar surface area (TPSA) is 77.1 Å². The average Bonchev–Trinajstić information content (AvgIpc) is 2.76. The molecule has 1 heterocycles. The first-order valence-electron chi connectivity index (χ1n) is 6.32. The summed E-state index contributed by atoms with van der Waals surface area (Å²) in [6.45, 7) is 2.23. The van der Waals surface area contributed by atoms with Crippen LogP contribution in [0.5, 0.6) is 0 Å². The van der Waals surface area contributed by atoms with Crippen molar-refractivity contribution in [1.29, 1.82) is 0 Å². The van der Waals surface area contributed by atoms with E-state index in [1.165, 1.54) is 0 Å². The van der Waals surface area contributed by atoms with Crippen LogP contribution in [0, 0.1) is 6.92 Å². The summed E-state index contributed by atoms with van der Waals surface area (Å²) >= 11 is 6.01. The Kier molecular flexibility index (Phi) is 4.87. The highest BCUT2D eigenvalue weighted by Gasteiger charge is 2.07. The number of nitrogens with two attached hydrogens (primary N) is 1. The number of thiazole rings is 1. The van der Waals surface area contributed by atoms with Crippen LogP contribution in [0.4, 0.5) is 5.69 Å². The Balaban J connectivity index is 1.93. The van der Waals surface area contributed by atoms with E-state index in [1.807, 2.05) is 6.92 Å². The third-order valence-corrected chi connectivity index (χ3v) is 4.11. The first kappa shape index (κ1) is 15.4. The zero-order chi connectivity index (χ0) is 15.4. The predicted molar refractivity (Wildman–Crippen MR) is 88.9 cm³/mol. The van der Waals surface area contributed by atoms with Gasteiger partial charge in [0.2, 0.25) is 5.91 Å². The van der Waals surface area contributed by atoms with Crippen LogP contribution < -0.4 is 15.9 Å². The molecule has 0 atom stereocenters. The molecule has 0 aliphatic rings. The molecule has 21 heavy (non-hydrogen) atoms. The van der Waals surface area contributed by atoms with E-state index in [2.05, 4.69) is 5.32 Å². The van der Waals surface area contributed by atoms with Gasteiger partial charge in [0, 0.05) is 35.3 Å². The van der Waals surface area contributed by atoms with Crippen LogP contribution in [0.3, 0.4) is 0 Å². The van der Waals surface area contributed by atoms with Crippen molar-refractivity contribution in [1.82, 2.24) is 4.57 Å². The minimum Gasteiger partial charge on any atom is -0.389 e. The highest BCUT2D eigenvalue weighted by molar-refractivity contribution is 7.80. The summed E-state index contributed by atoms with van der Waals surface area (Å²) in [4.78, 5) is 23.7. The minimum atomic E-state index is -0.143. The van der Waals surface area contributed by atoms with Crippen molar-refractivity contribution in [3.8, 4) is 0 Å². The predicted octanol–water partition coefficient (Wildman–Crippen LogP) is 1.88. The average molecular weight is 321 g/mol. The molecule has 1 aromatic carbocycles. The maximum absolute atomic E-state index is 11.9. The fourth-order valence-electron chi connectivity index (χ4n) is 1.83. The molecule has 1 amide bonds. The van der Waals surface area contributed by atoms with Crippen LogP contribution in [0.25, 0.3) is 0 Å². The number of nitrogens with zero attached hydrogens (tertiary/aromatic N) is 1. The van der Waals surface area contributed by atoms with Gasteiger partial charge >= 0.3 is 4.87 Å². The van der Waals surface area contributed by atoms with Gasteiger partial charge in [0.25, 0.3) is 0 Å². The first-order valence-corrected chi connectivity index (χ1v) is 7.61. The molecule has 110 valence electrons. The number of aromatic nitrogens is 1. The molecule has 0 saturated carbocycles. The van der Waals surface area contributed by atoms with E-state index in [-0.39, 0.29) is 17.2 Å². The summed E-state index contributed by atoms with van der Waals surface area (Å²) in [7, 11) is 0. The Hall–Kier alpha value is -1.99. The van der Waals surface area contributed by atoms with Crippen LogP contribution in [0.1, 0.15) is 17.7 Å². The molecular weight excluding hydrogens is 306 g/mol. The molecule has 0 bridgehead atoms. The lowest BCUT2D eigenvalue weighted by Gasteiger charge is -2.07. The normalized spacial score (nSPS) is 10.3. The number of rotatable bonds is 5. The number of benzene rings is 1. The molecule has 0 fully saturated rings. The van der Waals surface area contributed by atoms with Gasteiger partial charge < -0.3 is 15.6 Å². The van der Waals surface area contributed by atoms with Crippen molar-refractivity contribution in [2.45, 2.75) is 19.9 Å². The summed E-state index contributed by atoms with van der Waals surface area (Å²) in [5, 5.41) is 4.56. The zero-order valence-corrected chi connectivity index (χ0v) is 13.1. The van der Waals surface area contributed by atoms with Crippen molar-refractivity contribution < 1.29 is 4.79 Å². The smallest absolute Gasteiger partial charge is 0.307 e. The number of carbonyl (C=O) groups is 1. The van der Waals surface area contributed by atoms with E-state index in [1.54, 1.807) is 34.2 Å². The number of thiocarbonyl (C=S) groups is 1. The summed E-state index contributed by atoms with van der Waals surface area (Å²) in [5.41, 5.74) is 7.81. The number of hydrogen-bond donors (Lipinski definition) is 2. The van der Waals surface area contributed by atoms with Gasteiger partial charge in [-0.05, 0) is 31.2 Å². The number of aryl methyl sites for hydroxylation is 1. The maximum Gasteiger partial charge on any atom is 0.307 e. The minimum absolute atomic E-state index is 0.0406. The Morgan fingerprint density at radius 1 is 1.38 bits per heavy atom. The monoisotopic (exact) mass is 321 g/mol. The molecular formula is C14H15N3O2S2. The van der Waals surface area contributed by atoms with Crippen LogP contribution in [-0.2, 0) is 11.3 Å². The second-order valence-electron chi connectivity index (χ2n) is 4.53. The number of nitrogens with one attached hydrogen (secondary N) is 1. The maximum atomic E-state index is 11.9. The van der Waals surface area contributed by atoms with Gasteiger partial charge in [-0.15, -0.1) is 0 Å². The highest BCUT2D eigenvalue weighted by atomic mass is 32.1. The summed E-state index contributed by atoms with van der Waals surface area (Å²) in [5.74, 6) is -0.143. The fourth-order valence-corrected chi connectivity index (χ4v) is 2.73. The lowest BCUT2D eigenvalue weighted by Crippen LogP contribution is -2.20. The van der Waals surface area contributed by atoms with Crippen molar-refractivity contribution in [2.24, 2.45) is 5.73 Å². The fraction of sp³-hybridized carbons (Fsp3) is 0.214. The van der Waals surface area contributed by atoms with E-state index in [9.17, 15) is 9.59 Å². The molecule has 0 unspecified atom stereocenters. The van der Waals surface area contributed by atoms with Crippen LogP contribution in [0.2, 0.25) is 0 Å². The number of amides is 1. The molecule has 0 radical (unpaired) electrons. The van der Waals surface area contributed by atoms with E-state index in [4.69, 9.17) is 18.0 Å². The quantitative estimate of drug-likeness (QED) is 0.824. The van der Waals surface area contributed by atoms with Gasteiger partial charge in [-0.3, -0.25) is 9.59 Å². The standard InChI is InChI=1S/C14H15N3O2S2/c1-9-8-21-14(19)17(9)7-6-12(18)16-11-4-2-10(3-5-11)13(15)20/h2-5,8H,6-7H2,1H3,(H2,15,20)(H,16,18). The van der Waals surface area contributed by atoms with Crippen LogP contribution in [-0.4, -0.2) is 15.5 Å². The molecule has 3 N–H and O–H groups in total. The lowest BCUT2D eigenvalue weighted by molar-refractivity contribution is -0.116. The molecule has 2 aromatic rings. The second-order valence-corrected chi connectivity index (χ2v) is 5.79. The summed E-state index contributed by atoms with van der Waals surface area (Å²) < 4.78 is 1.60. The van der Waals surface area contributed by atoms with Gasteiger partial charge in [0.15, 0.2) is 0 Å². The number of carbonyl (C=O) groups excluding carboxylic acids is 1.